The smallest absolute Gasteiger partial charge is 0.161 e. The van der Waals surface area contributed by atoms with Crippen LogP contribution in [0.2, 0.25) is 0 Å². The van der Waals surface area contributed by atoms with Gasteiger partial charge in [0, 0.05) is 11.6 Å². The molecule has 0 saturated carbocycles. The van der Waals surface area contributed by atoms with Crippen molar-refractivity contribution in [1.82, 2.24) is 0 Å². The fourth-order valence-corrected chi connectivity index (χ4v) is 1.41. The van der Waals surface area contributed by atoms with Gasteiger partial charge in [-0.05, 0) is 6.07 Å². The van der Waals surface area contributed by atoms with E-state index in [1.807, 2.05) is 0 Å². The lowest BCUT2D eigenvalue weighted by Gasteiger charge is -2.06. The third-order valence-corrected chi connectivity index (χ3v) is 2.13. The molecule has 0 bridgehead atoms. The Morgan fingerprint density at radius 1 is 1.62 bits per heavy atom. The molecule has 1 aliphatic heterocycles. The van der Waals surface area contributed by atoms with Crippen LogP contribution in [-0.2, 0) is 0 Å². The SMILES string of the molecule is COc1cc2c(cc1O)OCC2N. The van der Waals surface area contributed by atoms with Crippen LogP contribution in [0.5, 0.6) is 17.2 Å². The van der Waals surface area contributed by atoms with Gasteiger partial charge >= 0.3 is 0 Å². The number of hydrogen-bond acceptors (Lipinski definition) is 4. The van der Waals surface area contributed by atoms with E-state index in [1.54, 1.807) is 6.07 Å². The number of rotatable bonds is 1. The molecular formula is C9H11NO3. The van der Waals surface area contributed by atoms with E-state index in [4.69, 9.17) is 15.2 Å². The van der Waals surface area contributed by atoms with E-state index in [9.17, 15) is 5.11 Å². The molecule has 1 aromatic carbocycles. The van der Waals surface area contributed by atoms with E-state index in [-0.39, 0.29) is 11.8 Å². The minimum Gasteiger partial charge on any atom is -0.504 e. The van der Waals surface area contributed by atoms with Gasteiger partial charge in [-0.15, -0.1) is 0 Å². The number of phenolic OH excluding ortho intramolecular Hbond substituents is 1. The molecular weight excluding hydrogens is 170 g/mol. The van der Waals surface area contributed by atoms with Gasteiger partial charge in [-0.2, -0.15) is 0 Å². The van der Waals surface area contributed by atoms with Gasteiger partial charge in [0.05, 0.1) is 13.2 Å². The molecule has 4 nitrogen and oxygen atoms in total. The predicted molar refractivity (Wildman–Crippen MR) is 47.1 cm³/mol. The van der Waals surface area contributed by atoms with Gasteiger partial charge < -0.3 is 20.3 Å². The summed E-state index contributed by atoms with van der Waals surface area (Å²) in [5.41, 5.74) is 6.64. The highest BCUT2D eigenvalue weighted by atomic mass is 16.5. The van der Waals surface area contributed by atoms with Gasteiger partial charge in [0.15, 0.2) is 11.5 Å². The molecule has 1 aliphatic rings. The third-order valence-electron chi connectivity index (χ3n) is 2.13. The molecule has 70 valence electrons. The third kappa shape index (κ3) is 1.19. The van der Waals surface area contributed by atoms with E-state index in [2.05, 4.69) is 0 Å². The van der Waals surface area contributed by atoms with Crippen molar-refractivity contribution in [2.24, 2.45) is 5.73 Å². The van der Waals surface area contributed by atoms with Crippen molar-refractivity contribution >= 4 is 0 Å². The molecule has 0 aliphatic carbocycles. The molecule has 3 N–H and O–H groups in total. The summed E-state index contributed by atoms with van der Waals surface area (Å²) in [6, 6.07) is 3.12. The van der Waals surface area contributed by atoms with Gasteiger partial charge in [-0.3, -0.25) is 0 Å². The molecule has 0 spiro atoms. The molecule has 0 fully saturated rings. The van der Waals surface area contributed by atoms with Crippen molar-refractivity contribution in [3.05, 3.63) is 17.7 Å². The van der Waals surface area contributed by atoms with Gasteiger partial charge in [0.1, 0.15) is 12.4 Å². The highest BCUT2D eigenvalue weighted by Gasteiger charge is 2.22. The standard InChI is InChI=1S/C9H11NO3/c1-12-9-2-5-6(10)4-13-8(5)3-7(9)11/h2-3,6,11H,4,10H2,1H3. The molecule has 0 saturated heterocycles. The molecule has 0 radical (unpaired) electrons. The Morgan fingerprint density at radius 2 is 2.38 bits per heavy atom. The fourth-order valence-electron chi connectivity index (χ4n) is 1.41. The van der Waals surface area contributed by atoms with Crippen molar-refractivity contribution in [2.45, 2.75) is 6.04 Å². The quantitative estimate of drug-likeness (QED) is 0.672. The molecule has 13 heavy (non-hydrogen) atoms. The first-order chi connectivity index (χ1) is 6.22. The van der Waals surface area contributed by atoms with E-state index in [0.717, 1.165) is 5.56 Å². The fraction of sp³-hybridized carbons (Fsp3) is 0.333. The Labute approximate surface area is 75.9 Å². The van der Waals surface area contributed by atoms with E-state index < -0.39 is 0 Å². The van der Waals surface area contributed by atoms with Crippen molar-refractivity contribution in [3.63, 3.8) is 0 Å². The zero-order valence-corrected chi connectivity index (χ0v) is 7.28. The summed E-state index contributed by atoms with van der Waals surface area (Å²) in [7, 11) is 1.50. The maximum Gasteiger partial charge on any atom is 0.161 e. The molecule has 1 heterocycles. The number of phenols is 1. The first-order valence-corrected chi connectivity index (χ1v) is 4.01. The summed E-state index contributed by atoms with van der Waals surface area (Å²) >= 11 is 0. The Bertz CT molecular complexity index is 338. The minimum atomic E-state index is -0.121. The highest BCUT2D eigenvalue weighted by Crippen LogP contribution is 2.39. The van der Waals surface area contributed by atoms with Gasteiger partial charge in [-0.1, -0.05) is 0 Å². The number of benzene rings is 1. The summed E-state index contributed by atoms with van der Waals surface area (Å²) in [6.45, 7) is 0.460. The van der Waals surface area contributed by atoms with Crippen molar-refractivity contribution in [3.8, 4) is 17.2 Å². The summed E-state index contributed by atoms with van der Waals surface area (Å²) in [4.78, 5) is 0. The normalized spacial score (nSPS) is 19.4. The zero-order chi connectivity index (χ0) is 9.42. The second-order valence-corrected chi connectivity index (χ2v) is 2.98. The van der Waals surface area contributed by atoms with Crippen LogP contribution in [0.4, 0.5) is 0 Å². The lowest BCUT2D eigenvalue weighted by molar-refractivity contribution is 0.330. The summed E-state index contributed by atoms with van der Waals surface area (Å²) in [6.07, 6.45) is 0. The average Bonchev–Trinajstić information content (AvgIpc) is 2.46. The summed E-state index contributed by atoms with van der Waals surface area (Å²) in [5, 5.41) is 9.42. The van der Waals surface area contributed by atoms with Gasteiger partial charge in [0.25, 0.3) is 0 Å². The van der Waals surface area contributed by atoms with Gasteiger partial charge in [0.2, 0.25) is 0 Å². The number of nitrogens with two attached hydrogens (primary N) is 1. The molecule has 1 atom stereocenters. The van der Waals surface area contributed by atoms with E-state index in [0.29, 0.717) is 18.1 Å². The lowest BCUT2D eigenvalue weighted by Crippen LogP contribution is -2.10. The molecule has 0 amide bonds. The summed E-state index contributed by atoms with van der Waals surface area (Å²) < 4.78 is 10.2. The second kappa shape index (κ2) is 2.81. The van der Waals surface area contributed by atoms with Crippen LogP contribution in [-0.4, -0.2) is 18.8 Å². The van der Waals surface area contributed by atoms with Crippen LogP contribution < -0.4 is 15.2 Å². The first kappa shape index (κ1) is 8.19. The number of fused-ring (bicyclic) bond motifs is 1. The number of ether oxygens (including phenoxy) is 2. The monoisotopic (exact) mass is 181 g/mol. The Kier molecular flexibility index (Phi) is 1.77. The number of hydrogen-bond donors (Lipinski definition) is 2. The van der Waals surface area contributed by atoms with E-state index in [1.165, 1.54) is 13.2 Å². The molecule has 0 aromatic heterocycles. The predicted octanol–water partition coefficient (Wildman–Crippen LogP) is 0.793. The zero-order valence-electron chi connectivity index (χ0n) is 7.28. The largest absolute Gasteiger partial charge is 0.504 e. The van der Waals surface area contributed by atoms with Crippen LogP contribution in [0.25, 0.3) is 0 Å². The van der Waals surface area contributed by atoms with E-state index >= 15 is 0 Å². The van der Waals surface area contributed by atoms with Crippen molar-refractivity contribution in [2.75, 3.05) is 13.7 Å². The molecule has 4 heteroatoms. The van der Waals surface area contributed by atoms with Crippen LogP contribution in [0.15, 0.2) is 12.1 Å². The lowest BCUT2D eigenvalue weighted by atomic mass is 10.1. The van der Waals surface area contributed by atoms with Gasteiger partial charge in [-0.25, -0.2) is 0 Å². The van der Waals surface area contributed by atoms with Crippen molar-refractivity contribution < 1.29 is 14.6 Å². The second-order valence-electron chi connectivity index (χ2n) is 2.98. The Morgan fingerprint density at radius 3 is 3.08 bits per heavy atom. The maximum absolute atomic E-state index is 9.42. The van der Waals surface area contributed by atoms with Crippen LogP contribution in [0, 0.1) is 0 Å². The van der Waals surface area contributed by atoms with Crippen LogP contribution in [0.3, 0.4) is 0 Å². The first-order valence-electron chi connectivity index (χ1n) is 4.01. The Balaban J connectivity index is 2.51. The number of methoxy groups -OCH3 is 1. The minimum absolute atomic E-state index is 0.0790. The molecule has 2 rings (SSSR count). The van der Waals surface area contributed by atoms with Crippen molar-refractivity contribution in [1.29, 1.82) is 0 Å². The summed E-state index contributed by atoms with van der Waals surface area (Å²) in [5.74, 6) is 1.15. The molecule has 1 unspecified atom stereocenters. The number of aromatic hydroxyl groups is 1. The van der Waals surface area contributed by atoms with Crippen LogP contribution in [0.1, 0.15) is 11.6 Å². The maximum atomic E-state index is 9.42. The highest BCUT2D eigenvalue weighted by molar-refractivity contribution is 5.52. The molecule has 1 aromatic rings. The topological polar surface area (TPSA) is 64.7 Å². The van der Waals surface area contributed by atoms with Crippen LogP contribution >= 0.6 is 0 Å². The average molecular weight is 181 g/mol. The Hall–Kier alpha value is -1.42.